The highest BCUT2D eigenvalue weighted by molar-refractivity contribution is 9.10. The first-order chi connectivity index (χ1) is 9.61. The molecule has 0 spiro atoms. The van der Waals surface area contributed by atoms with Gasteiger partial charge in [0.2, 0.25) is 0 Å². The Morgan fingerprint density at radius 1 is 1.25 bits per heavy atom. The van der Waals surface area contributed by atoms with E-state index in [2.05, 4.69) is 15.9 Å². The Hall–Kier alpha value is -1.39. The highest BCUT2D eigenvalue weighted by Gasteiger charge is 2.11. The van der Waals surface area contributed by atoms with E-state index in [1.54, 1.807) is 12.1 Å². The van der Waals surface area contributed by atoms with Crippen molar-refractivity contribution < 1.29 is 14.2 Å². The zero-order chi connectivity index (χ0) is 14.5. The van der Waals surface area contributed by atoms with Crippen molar-refractivity contribution in [1.82, 2.24) is 0 Å². The largest absolute Gasteiger partial charge is 0.489 e. The van der Waals surface area contributed by atoms with Gasteiger partial charge in [-0.3, -0.25) is 0 Å². The zero-order valence-electron chi connectivity index (χ0n) is 11.1. The molecule has 0 radical (unpaired) electrons. The topological polar surface area (TPSA) is 29.5 Å². The lowest BCUT2D eigenvalue weighted by Gasteiger charge is -2.15. The highest BCUT2D eigenvalue weighted by atomic mass is 79.9. The molecule has 2 rings (SSSR count). The van der Waals surface area contributed by atoms with E-state index >= 15 is 0 Å². The van der Waals surface area contributed by atoms with Gasteiger partial charge in [0.15, 0.2) is 0 Å². The maximum absolute atomic E-state index is 13.2. The quantitative estimate of drug-likeness (QED) is 0.862. The van der Waals surface area contributed by atoms with E-state index in [0.717, 1.165) is 11.1 Å². The van der Waals surface area contributed by atoms with E-state index < -0.39 is 6.10 Å². The van der Waals surface area contributed by atoms with E-state index in [4.69, 9.17) is 4.74 Å². The van der Waals surface area contributed by atoms with Gasteiger partial charge in [0.25, 0.3) is 0 Å². The smallest absolute Gasteiger partial charge is 0.137 e. The molecule has 2 aromatic carbocycles. The van der Waals surface area contributed by atoms with E-state index in [9.17, 15) is 9.50 Å². The first-order valence-electron chi connectivity index (χ1n) is 6.45. The molecule has 1 N–H and O–H groups in total. The van der Waals surface area contributed by atoms with Crippen LogP contribution in [0.15, 0.2) is 46.9 Å². The Morgan fingerprint density at radius 2 is 2.00 bits per heavy atom. The Bertz CT molecular complexity index is 586. The second-order valence-corrected chi connectivity index (χ2v) is 5.35. The SMILES string of the molecule is CC[C@@H](O)c1ccccc1OCc1ccc(F)c(Br)c1. The molecule has 0 amide bonds. The van der Waals surface area contributed by atoms with Crippen molar-refractivity contribution >= 4 is 15.9 Å². The van der Waals surface area contributed by atoms with Crippen molar-refractivity contribution in [3.05, 3.63) is 63.9 Å². The first-order valence-corrected chi connectivity index (χ1v) is 7.24. The highest BCUT2D eigenvalue weighted by Crippen LogP contribution is 2.28. The lowest BCUT2D eigenvalue weighted by Crippen LogP contribution is -2.02. The predicted octanol–water partition coefficient (Wildman–Crippen LogP) is 4.61. The first kappa shape index (κ1) is 15.0. The minimum atomic E-state index is -0.536. The van der Waals surface area contributed by atoms with Crippen LogP contribution >= 0.6 is 15.9 Å². The van der Waals surface area contributed by atoms with Gasteiger partial charge in [-0.25, -0.2) is 4.39 Å². The van der Waals surface area contributed by atoms with Gasteiger partial charge in [-0.1, -0.05) is 31.2 Å². The molecule has 1 atom stereocenters. The Morgan fingerprint density at radius 3 is 2.70 bits per heavy atom. The fourth-order valence-corrected chi connectivity index (χ4v) is 2.32. The fraction of sp³-hybridized carbons (Fsp3) is 0.250. The summed E-state index contributed by atoms with van der Waals surface area (Å²) in [4.78, 5) is 0. The van der Waals surface area contributed by atoms with Crippen LogP contribution in [0.4, 0.5) is 4.39 Å². The van der Waals surface area contributed by atoms with Gasteiger partial charge in [0.1, 0.15) is 18.2 Å². The van der Waals surface area contributed by atoms with Crippen LogP contribution in [-0.2, 0) is 6.61 Å². The molecule has 4 heteroatoms. The second-order valence-electron chi connectivity index (χ2n) is 4.50. The third-order valence-electron chi connectivity index (χ3n) is 3.04. The third-order valence-corrected chi connectivity index (χ3v) is 3.65. The van der Waals surface area contributed by atoms with Crippen LogP contribution in [0.25, 0.3) is 0 Å². The average molecular weight is 339 g/mol. The number of hydrogen-bond acceptors (Lipinski definition) is 2. The molecule has 0 aromatic heterocycles. The molecule has 0 saturated heterocycles. The second kappa shape index (κ2) is 6.86. The number of benzene rings is 2. The minimum absolute atomic E-state index is 0.296. The molecule has 0 aliphatic rings. The zero-order valence-corrected chi connectivity index (χ0v) is 12.7. The monoisotopic (exact) mass is 338 g/mol. The summed E-state index contributed by atoms with van der Waals surface area (Å²) < 4.78 is 19.3. The molecule has 0 aliphatic carbocycles. The number of halogens is 2. The van der Waals surface area contributed by atoms with Crippen molar-refractivity contribution in [2.75, 3.05) is 0 Å². The third kappa shape index (κ3) is 3.58. The molecule has 0 bridgehead atoms. The maximum atomic E-state index is 13.2. The predicted molar refractivity (Wildman–Crippen MR) is 80.1 cm³/mol. The Kier molecular flexibility index (Phi) is 5.15. The van der Waals surface area contributed by atoms with Crippen molar-refractivity contribution in [3.63, 3.8) is 0 Å². The summed E-state index contributed by atoms with van der Waals surface area (Å²) in [6, 6.07) is 12.2. The van der Waals surface area contributed by atoms with Crippen LogP contribution in [0.2, 0.25) is 0 Å². The molecular formula is C16H16BrFO2. The van der Waals surface area contributed by atoms with Crippen LogP contribution < -0.4 is 4.74 Å². The molecular weight excluding hydrogens is 323 g/mol. The van der Waals surface area contributed by atoms with Crippen LogP contribution in [0.3, 0.4) is 0 Å². The molecule has 2 aromatic rings. The molecule has 0 saturated carbocycles. The molecule has 0 aliphatic heterocycles. The lowest BCUT2D eigenvalue weighted by atomic mass is 10.1. The molecule has 106 valence electrons. The maximum Gasteiger partial charge on any atom is 0.137 e. The van der Waals surface area contributed by atoms with Crippen LogP contribution in [0.1, 0.15) is 30.6 Å². The Labute approximate surface area is 126 Å². The summed E-state index contributed by atoms with van der Waals surface area (Å²) in [6.07, 6.45) is 0.0915. The van der Waals surface area contributed by atoms with Crippen LogP contribution in [0, 0.1) is 5.82 Å². The van der Waals surface area contributed by atoms with Gasteiger partial charge in [0.05, 0.1) is 10.6 Å². The van der Waals surface area contributed by atoms with E-state index in [1.165, 1.54) is 6.07 Å². The summed E-state index contributed by atoms with van der Waals surface area (Å²) in [5.74, 6) is 0.359. The van der Waals surface area contributed by atoms with Crippen molar-refractivity contribution in [1.29, 1.82) is 0 Å². The molecule has 0 fully saturated rings. The van der Waals surface area contributed by atoms with E-state index in [-0.39, 0.29) is 5.82 Å². The lowest BCUT2D eigenvalue weighted by molar-refractivity contribution is 0.166. The number of aliphatic hydroxyl groups is 1. The number of aliphatic hydroxyl groups excluding tert-OH is 1. The number of ether oxygens (including phenoxy) is 1. The summed E-state index contributed by atoms with van der Waals surface area (Å²) >= 11 is 3.15. The summed E-state index contributed by atoms with van der Waals surface area (Å²) in [5.41, 5.74) is 1.63. The minimum Gasteiger partial charge on any atom is -0.489 e. The van der Waals surface area contributed by atoms with Crippen LogP contribution in [-0.4, -0.2) is 5.11 Å². The summed E-state index contributed by atoms with van der Waals surface area (Å²) in [6.45, 7) is 2.24. The van der Waals surface area contributed by atoms with Gasteiger partial charge in [-0.05, 0) is 46.1 Å². The van der Waals surface area contributed by atoms with Gasteiger partial charge in [-0.15, -0.1) is 0 Å². The number of para-hydroxylation sites is 1. The van der Waals surface area contributed by atoms with E-state index in [0.29, 0.717) is 23.2 Å². The summed E-state index contributed by atoms with van der Waals surface area (Å²) in [7, 11) is 0. The van der Waals surface area contributed by atoms with Crippen LogP contribution in [0.5, 0.6) is 5.75 Å². The Balaban J connectivity index is 2.12. The van der Waals surface area contributed by atoms with Crippen molar-refractivity contribution in [3.8, 4) is 5.75 Å². The summed E-state index contributed by atoms with van der Waals surface area (Å²) in [5, 5.41) is 9.95. The number of hydrogen-bond donors (Lipinski definition) is 1. The van der Waals surface area contributed by atoms with Gasteiger partial charge < -0.3 is 9.84 Å². The van der Waals surface area contributed by atoms with Crippen molar-refractivity contribution in [2.45, 2.75) is 26.1 Å². The van der Waals surface area contributed by atoms with Gasteiger partial charge >= 0.3 is 0 Å². The van der Waals surface area contributed by atoms with Crippen molar-refractivity contribution in [2.24, 2.45) is 0 Å². The van der Waals surface area contributed by atoms with E-state index in [1.807, 2.05) is 31.2 Å². The normalized spacial score (nSPS) is 12.2. The molecule has 0 heterocycles. The number of rotatable bonds is 5. The fourth-order valence-electron chi connectivity index (χ4n) is 1.90. The molecule has 2 nitrogen and oxygen atoms in total. The van der Waals surface area contributed by atoms with Gasteiger partial charge in [0, 0.05) is 5.56 Å². The molecule has 0 unspecified atom stereocenters. The molecule has 20 heavy (non-hydrogen) atoms. The standard InChI is InChI=1S/C16H16BrFO2/c1-2-15(19)12-5-3-4-6-16(12)20-10-11-7-8-14(18)13(17)9-11/h3-9,15,19H,2,10H2,1H3/t15-/m1/s1. The van der Waals surface area contributed by atoms with Gasteiger partial charge in [-0.2, -0.15) is 0 Å². The average Bonchev–Trinajstić information content (AvgIpc) is 2.48.